The first-order valence-corrected chi connectivity index (χ1v) is 47.0. The smallest absolute Gasteiger partial charge is 0.471 e. The summed E-state index contributed by atoms with van der Waals surface area (Å²) in [7, 11) is 2.63. The van der Waals surface area contributed by atoms with Gasteiger partial charge in [0.25, 0.3) is 12.2 Å². The molecule has 15 heterocycles. The van der Waals surface area contributed by atoms with Crippen LogP contribution >= 0.6 is 78.3 Å². The molecule has 12 aromatic heterocycles. The number of carbonyl (C=O) groups excluding carboxylic acids is 10. The molecule has 0 spiro atoms. The Morgan fingerprint density at radius 1 is 0.545 bits per heavy atom. The minimum Gasteiger partial charge on any atom is -0.480 e. The number of carboxylic acid groups (broad SMARTS) is 1. The van der Waals surface area contributed by atoms with Crippen molar-refractivity contribution in [3.05, 3.63) is 305 Å². The number of likely N-dealkylation sites (tertiary alicyclic amines) is 2. The number of azide groups is 1. The number of Topliss-reactive ketones (excluding diaryl/α,β-unsaturated/α-hetero) is 6. The third-order valence-corrected chi connectivity index (χ3v) is 24.8. The molecule has 5 atom stereocenters. The fourth-order valence-corrected chi connectivity index (χ4v) is 18.1. The maximum absolute atomic E-state index is 14.6. The van der Waals surface area contributed by atoms with Gasteiger partial charge in [-0.25, -0.2) is 28.5 Å². The number of ketones is 6. The first-order chi connectivity index (χ1) is 69.1. The lowest BCUT2D eigenvalue weighted by atomic mass is 10.0. The number of ether oxygens (including phenoxy) is 2. The van der Waals surface area contributed by atoms with E-state index in [1.54, 1.807) is 119 Å². The molecule has 1 unspecified atom stereocenters. The zero-order chi connectivity index (χ0) is 104. The topological polar surface area (TPSA) is 415 Å². The zero-order valence-electron chi connectivity index (χ0n) is 77.3. The Hall–Kier alpha value is -15.3. The van der Waals surface area contributed by atoms with Gasteiger partial charge in [0, 0.05) is 152 Å². The van der Waals surface area contributed by atoms with E-state index in [1.165, 1.54) is 66.9 Å². The second-order valence-corrected chi connectivity index (χ2v) is 36.4. The van der Waals surface area contributed by atoms with Gasteiger partial charge in [0.05, 0.1) is 86.2 Å². The van der Waals surface area contributed by atoms with Crippen LogP contribution in [0.3, 0.4) is 0 Å². The van der Waals surface area contributed by atoms with E-state index < -0.39 is 85.1 Å². The summed E-state index contributed by atoms with van der Waals surface area (Å²) >= 11 is 30.5. The van der Waals surface area contributed by atoms with Crippen molar-refractivity contribution in [3.8, 4) is 33.5 Å². The van der Waals surface area contributed by atoms with Gasteiger partial charge in [-0.2, -0.15) is 28.5 Å². The van der Waals surface area contributed by atoms with E-state index in [9.17, 15) is 79.8 Å². The molecule has 0 aliphatic carbocycles. The number of nitrogens with zero attached hydrogens (tertiary/aromatic N) is 20. The third kappa shape index (κ3) is 25.0. The van der Waals surface area contributed by atoms with Gasteiger partial charge >= 0.3 is 30.0 Å². The molecule has 145 heavy (non-hydrogen) atoms. The SMILES string of the molecule is C=C(N=[N+]=[N-])c1cccc(Cl)c1.CC(=O)c1nn(CC(=O)N2C[C@H](F)C[C@H]2C(=O)Cc2cccc(Br)n2)c2c1ccn1cc(-c3cccc(Cl)c3)nc21.CC(=O)c1nn(CC(=O)O)c2c1ccn1cc(-c3cccc(Cl)c3)cc21.COC(=O)C[N+]1=NC(C(C)=O)c2ccn3cc(-c4cccc(Cl)c4)cc3c21.COC(=O)Cn1nc(C(C)=O)c2ccncc21.O=C(Cc1cccc(Br)n1)[C@@H]1C[C@@H](F)CN1C(=O)C(F)(F)F. The van der Waals surface area contributed by atoms with Gasteiger partial charge in [0.2, 0.25) is 11.9 Å². The number of imidazole rings is 1. The van der Waals surface area contributed by atoms with Crippen LogP contribution < -0.4 is 0 Å². The summed E-state index contributed by atoms with van der Waals surface area (Å²) in [5, 5.41) is 34.1. The highest BCUT2D eigenvalue weighted by Gasteiger charge is 2.50. The molecule has 742 valence electrons. The van der Waals surface area contributed by atoms with Crippen molar-refractivity contribution >= 4 is 203 Å². The van der Waals surface area contributed by atoms with Gasteiger partial charge in [0.1, 0.15) is 69.3 Å². The first-order valence-electron chi connectivity index (χ1n) is 43.9. The monoisotopic (exact) mass is 2180 g/mol. The summed E-state index contributed by atoms with van der Waals surface area (Å²) in [5.74, 6) is -6.18. The summed E-state index contributed by atoms with van der Waals surface area (Å²) in [6, 6.07) is 47.5. The van der Waals surface area contributed by atoms with E-state index in [2.05, 4.69) is 88.6 Å². The van der Waals surface area contributed by atoms with Crippen LogP contribution in [0.1, 0.15) is 101 Å². The average molecular weight is 2180 g/mol. The van der Waals surface area contributed by atoms with Gasteiger partial charge in [-0.3, -0.25) is 67.0 Å². The van der Waals surface area contributed by atoms with Gasteiger partial charge < -0.3 is 37.6 Å². The molecule has 2 amide bonds. The maximum Gasteiger partial charge on any atom is 0.471 e. The van der Waals surface area contributed by atoms with Crippen molar-refractivity contribution in [1.29, 1.82) is 0 Å². The molecule has 19 rings (SSSR count). The Labute approximate surface area is 856 Å². The summed E-state index contributed by atoms with van der Waals surface area (Å²) in [4.78, 5) is 154. The second kappa shape index (κ2) is 46.0. The number of rotatable bonds is 23. The Morgan fingerprint density at radius 2 is 1.03 bits per heavy atom. The molecular formula is C100H82Br2Cl4F5N20O14+. The van der Waals surface area contributed by atoms with Crippen LogP contribution in [-0.4, -0.2) is 211 Å². The fourth-order valence-electron chi connectivity index (χ4n) is 16.5. The highest BCUT2D eigenvalue weighted by Crippen LogP contribution is 2.42. The number of amides is 2. The predicted molar refractivity (Wildman–Crippen MR) is 535 cm³/mol. The van der Waals surface area contributed by atoms with E-state index in [-0.39, 0.29) is 97.2 Å². The predicted octanol–water partition coefficient (Wildman–Crippen LogP) is 20.1. The lowest BCUT2D eigenvalue weighted by Crippen LogP contribution is -2.47. The molecule has 0 bridgehead atoms. The van der Waals surface area contributed by atoms with E-state index in [0.29, 0.717) is 96.1 Å². The molecule has 34 nitrogen and oxygen atoms in total. The molecule has 2 saturated heterocycles. The van der Waals surface area contributed by atoms with Crippen molar-refractivity contribution in [2.24, 2.45) is 10.2 Å². The molecule has 1 N–H and O–H groups in total. The summed E-state index contributed by atoms with van der Waals surface area (Å²) < 4.78 is 87.3. The van der Waals surface area contributed by atoms with E-state index in [1.807, 2.05) is 113 Å². The van der Waals surface area contributed by atoms with Crippen LogP contribution in [0.2, 0.25) is 20.1 Å². The number of carbonyl (C=O) groups is 11. The normalized spacial score (nSPS) is 15.0. The number of fused-ring (bicyclic) bond motifs is 10. The fraction of sp³-hybridized carbons (Fsp3) is 0.220. The van der Waals surface area contributed by atoms with Crippen LogP contribution in [0.25, 0.3) is 99.0 Å². The number of aliphatic carboxylic acids is 1. The molecule has 0 radical (unpaired) electrons. The first kappa shape index (κ1) is 106. The van der Waals surface area contributed by atoms with E-state index in [0.717, 1.165) is 55.7 Å². The van der Waals surface area contributed by atoms with Crippen LogP contribution in [0.4, 0.5) is 27.6 Å². The largest absolute Gasteiger partial charge is 0.480 e. The number of carboxylic acids is 1. The quantitative estimate of drug-likeness (QED) is 0.00908. The van der Waals surface area contributed by atoms with Crippen LogP contribution in [0, 0.1) is 0 Å². The lowest BCUT2D eigenvalue weighted by molar-refractivity contribution is -0.498. The van der Waals surface area contributed by atoms with Gasteiger partial charge in [0.15, 0.2) is 40.3 Å². The number of pyridine rings is 6. The molecule has 45 heteroatoms. The molecular weight excluding hydrogens is 2100 g/mol. The minimum atomic E-state index is -5.13. The standard InChI is InChI=1S/C29H23BrClFN6O3.C20H17ClN3O3.C19H14ClN3O3.C13H11BrF4N2O2.C11H11N3O3.C8H6ClN3/c1-16(39)27-21-8-9-36-14-22(17-4-2-5-18(31)10-17)34-29(36)28(21)38(35-27)15-26(41)37-13-19(32)11-23(37)24(40)12-20-6-3-7-25(30)33-20;1-12(25)19-16-6-7-23-10-14(13-4-3-5-15(21)8-13)9-17(23)20(16)24(22-19)11-18(26)27-2;1-11(24)18-15-5-6-22-9-13(12-3-2-4-14(20)7-12)8-16(22)19(15)23(21-18)10-17(25)26;14-11-3-1-2-8(19-11)5-10(21)9-4-7(15)6-20(9)12(22)13(16,17)18;1-7(15)11-8-3-4-12-5-9(8)14(13-11)6-10(16)17-2;1-6(11-12-10)7-3-2-4-8(9)5-7/h2-10,14,19,23H,11-13,15H2,1H3;3-10,19H,11H2,1-2H3;2-9H,10H2,1H3,(H,25,26);1-3,7,9H,4-6H2;3-5H,6H2,1-2H3;2-5H,1H2/q;+1;;;;/t19-,23+;;;7-,9+;;/m1..1../s1. The lowest BCUT2D eigenvalue weighted by Gasteiger charge is -2.24. The van der Waals surface area contributed by atoms with Crippen LogP contribution in [-0.2, 0) is 80.3 Å². The summed E-state index contributed by atoms with van der Waals surface area (Å²) in [5.41, 5.74) is 21.6. The number of hydrogen-bond acceptors (Lipinski definition) is 22. The van der Waals surface area contributed by atoms with Crippen molar-refractivity contribution in [1.82, 2.24) is 72.3 Å². The van der Waals surface area contributed by atoms with Gasteiger partial charge in [-0.05, 0) is 175 Å². The molecule has 3 aliphatic rings. The molecule has 2 fully saturated rings. The second-order valence-electron chi connectivity index (χ2n) is 33.1. The number of alkyl halides is 5. The summed E-state index contributed by atoms with van der Waals surface area (Å²) in [6.45, 7) is 7.72. The highest BCUT2D eigenvalue weighted by molar-refractivity contribution is 9.10. The highest BCUT2D eigenvalue weighted by atomic mass is 79.9. The van der Waals surface area contributed by atoms with E-state index in [4.69, 9.17) is 61.7 Å². The Morgan fingerprint density at radius 3 is 1.57 bits per heavy atom. The summed E-state index contributed by atoms with van der Waals surface area (Å²) in [6.07, 6.45) is 5.51. The third-order valence-electron chi connectivity index (χ3n) is 23.0. The number of benzene rings is 4. The number of hydrogen-bond donors (Lipinski definition) is 1. The van der Waals surface area contributed by atoms with Gasteiger partial charge in [-0.15, -0.1) is 0 Å². The Kier molecular flexibility index (Phi) is 33.5. The van der Waals surface area contributed by atoms with Crippen molar-refractivity contribution in [3.63, 3.8) is 0 Å². The number of esters is 2. The van der Waals surface area contributed by atoms with Crippen molar-refractivity contribution in [2.75, 3.05) is 33.9 Å². The number of azo groups is 2. The number of halogens is 11. The van der Waals surface area contributed by atoms with Crippen molar-refractivity contribution in [2.45, 2.75) is 110 Å². The van der Waals surface area contributed by atoms with Gasteiger partial charge in [-0.1, -0.05) is 123 Å². The Balaban J connectivity index is 0.000000143. The van der Waals surface area contributed by atoms with Crippen LogP contribution in [0.15, 0.2) is 245 Å². The minimum absolute atomic E-state index is 0.0270. The molecule has 3 aliphatic heterocycles. The zero-order valence-corrected chi connectivity index (χ0v) is 83.5. The molecule has 4 aromatic carbocycles. The maximum atomic E-state index is 14.6. The van der Waals surface area contributed by atoms with Crippen LogP contribution in [0.5, 0.6) is 0 Å². The van der Waals surface area contributed by atoms with Crippen molar-refractivity contribution < 1.29 is 94.0 Å². The molecule has 16 aromatic rings. The number of methoxy groups -OCH3 is 2. The Bertz CT molecular complexity index is 7950. The van der Waals surface area contributed by atoms with E-state index >= 15 is 0 Å². The average Bonchev–Trinajstić information content (AvgIpc) is 1.60. The molecule has 0 saturated carbocycles. The number of aromatic nitrogens is 13.